The van der Waals surface area contributed by atoms with Crippen molar-refractivity contribution in [2.75, 3.05) is 0 Å². The summed E-state index contributed by atoms with van der Waals surface area (Å²) in [6, 6.07) is 26.6. The topological polar surface area (TPSA) is 84.0 Å². The first-order valence-electron chi connectivity index (χ1n) is 8.87. The van der Waals surface area contributed by atoms with Gasteiger partial charge in [-0.1, -0.05) is 72.8 Å². The molecule has 2 atom stereocenters. The first-order chi connectivity index (χ1) is 13.6. The van der Waals surface area contributed by atoms with Gasteiger partial charge in [0.05, 0.1) is 16.9 Å². The van der Waals surface area contributed by atoms with Gasteiger partial charge in [-0.05, 0) is 11.1 Å². The van der Waals surface area contributed by atoms with E-state index in [9.17, 15) is 20.2 Å². The van der Waals surface area contributed by atoms with Crippen LogP contribution in [0.4, 0.5) is 5.69 Å². The number of nitro groups is 1. The minimum atomic E-state index is -0.685. The molecule has 0 fully saturated rings. The Morgan fingerprint density at radius 3 is 2.14 bits per heavy atom. The number of hydrogen-bond donors (Lipinski definition) is 0. The third kappa shape index (κ3) is 4.30. The molecule has 0 unspecified atom stereocenters. The fourth-order valence-electron chi connectivity index (χ4n) is 3.30. The molecule has 3 rings (SSSR count). The van der Waals surface area contributed by atoms with E-state index < -0.39 is 16.8 Å². The van der Waals surface area contributed by atoms with Gasteiger partial charge in [-0.3, -0.25) is 14.9 Å². The fraction of sp³-hybridized carbons (Fsp3) is 0.130. The average Bonchev–Trinajstić information content (AvgIpc) is 2.75. The lowest BCUT2D eigenvalue weighted by molar-refractivity contribution is -0.384. The van der Waals surface area contributed by atoms with Crippen molar-refractivity contribution in [1.82, 2.24) is 0 Å². The number of nitro benzene ring substituents is 1. The number of benzene rings is 3. The molecule has 0 heterocycles. The van der Waals surface area contributed by atoms with E-state index in [0.717, 1.165) is 5.56 Å². The number of nitrogens with zero attached hydrogens (tertiary/aromatic N) is 2. The minimum Gasteiger partial charge on any atom is -0.294 e. The zero-order chi connectivity index (χ0) is 19.9. The van der Waals surface area contributed by atoms with Crippen molar-refractivity contribution in [3.05, 3.63) is 112 Å². The normalized spacial score (nSPS) is 12.5. The highest BCUT2D eigenvalue weighted by Gasteiger charge is 2.28. The first-order valence-corrected chi connectivity index (χ1v) is 8.87. The van der Waals surface area contributed by atoms with Gasteiger partial charge in [-0.15, -0.1) is 0 Å². The Kier molecular flexibility index (Phi) is 5.93. The summed E-state index contributed by atoms with van der Waals surface area (Å²) in [6.45, 7) is 0. The number of rotatable bonds is 7. The summed E-state index contributed by atoms with van der Waals surface area (Å²) >= 11 is 0. The Morgan fingerprint density at radius 2 is 1.54 bits per heavy atom. The maximum absolute atomic E-state index is 12.8. The number of ketones is 1. The lowest BCUT2D eigenvalue weighted by Gasteiger charge is -2.22. The largest absolute Gasteiger partial charge is 0.294 e. The molecule has 5 nitrogen and oxygen atoms in total. The second kappa shape index (κ2) is 8.74. The molecule has 3 aromatic rings. The van der Waals surface area contributed by atoms with Gasteiger partial charge >= 0.3 is 0 Å². The molecule has 0 aromatic heterocycles. The predicted octanol–water partition coefficient (Wildman–Crippen LogP) is 5.26. The van der Waals surface area contributed by atoms with Gasteiger partial charge in [0.1, 0.15) is 0 Å². The van der Waals surface area contributed by atoms with E-state index in [4.69, 9.17) is 0 Å². The molecule has 0 aliphatic rings. The van der Waals surface area contributed by atoms with Crippen LogP contribution in [0.3, 0.4) is 0 Å². The average molecular weight is 370 g/mol. The van der Waals surface area contributed by atoms with E-state index in [1.165, 1.54) is 12.1 Å². The molecule has 28 heavy (non-hydrogen) atoms. The molecule has 0 N–H and O–H groups in total. The van der Waals surface area contributed by atoms with Gasteiger partial charge < -0.3 is 0 Å². The molecular formula is C23H18N2O3. The monoisotopic (exact) mass is 370 g/mol. The lowest BCUT2D eigenvalue weighted by atomic mass is 9.78. The van der Waals surface area contributed by atoms with Gasteiger partial charge in [0.15, 0.2) is 5.78 Å². The van der Waals surface area contributed by atoms with Crippen molar-refractivity contribution < 1.29 is 9.72 Å². The number of Topliss-reactive ketones (excluding diaryl/α,β-unsaturated/α-hetero) is 1. The van der Waals surface area contributed by atoms with Crippen molar-refractivity contribution in [2.24, 2.45) is 0 Å². The van der Waals surface area contributed by atoms with E-state index in [2.05, 4.69) is 6.07 Å². The smallest absolute Gasteiger partial charge is 0.269 e. The molecule has 3 aromatic carbocycles. The van der Waals surface area contributed by atoms with Crippen molar-refractivity contribution in [3.63, 3.8) is 0 Å². The van der Waals surface area contributed by atoms with Crippen LogP contribution in [0.25, 0.3) is 0 Å². The van der Waals surface area contributed by atoms with E-state index in [1.54, 1.807) is 36.4 Å². The summed E-state index contributed by atoms with van der Waals surface area (Å²) in [4.78, 5) is 23.5. The molecule has 5 heteroatoms. The van der Waals surface area contributed by atoms with Crippen molar-refractivity contribution in [1.29, 1.82) is 5.26 Å². The summed E-state index contributed by atoms with van der Waals surface area (Å²) < 4.78 is 0. The van der Waals surface area contributed by atoms with E-state index in [0.29, 0.717) is 11.1 Å². The van der Waals surface area contributed by atoms with Crippen LogP contribution in [0, 0.1) is 21.4 Å². The quantitative estimate of drug-likeness (QED) is 0.323. The molecule has 0 saturated carbocycles. The third-order valence-electron chi connectivity index (χ3n) is 4.71. The highest BCUT2D eigenvalue weighted by atomic mass is 16.6. The van der Waals surface area contributed by atoms with Gasteiger partial charge in [-0.2, -0.15) is 5.26 Å². The van der Waals surface area contributed by atoms with E-state index in [1.807, 2.05) is 36.4 Å². The van der Waals surface area contributed by atoms with Crippen LogP contribution >= 0.6 is 0 Å². The van der Waals surface area contributed by atoms with Crippen LogP contribution < -0.4 is 0 Å². The van der Waals surface area contributed by atoms with Gasteiger partial charge in [0.2, 0.25) is 0 Å². The van der Waals surface area contributed by atoms with Gasteiger partial charge in [-0.25, -0.2) is 0 Å². The molecule has 0 aliphatic carbocycles. The molecule has 0 amide bonds. The molecule has 0 saturated heterocycles. The summed E-state index contributed by atoms with van der Waals surface area (Å²) in [6.07, 6.45) is 0.134. The second-order valence-electron chi connectivity index (χ2n) is 6.47. The fourth-order valence-corrected chi connectivity index (χ4v) is 3.30. The highest BCUT2D eigenvalue weighted by Crippen LogP contribution is 2.37. The number of carbonyl (C=O) groups excluding carboxylic acids is 1. The summed E-state index contributed by atoms with van der Waals surface area (Å²) in [5, 5.41) is 21.0. The van der Waals surface area contributed by atoms with Crippen LogP contribution in [-0.4, -0.2) is 10.7 Å². The number of hydrogen-bond acceptors (Lipinski definition) is 4. The summed E-state index contributed by atoms with van der Waals surface area (Å²) in [5.41, 5.74) is 1.90. The standard InChI is InChI=1S/C23H18N2O3/c24-16-22(19-12-7-13-20(14-19)25(27)28)21(17-8-3-1-4-9-17)15-23(26)18-10-5-2-6-11-18/h1-14,21-22H,15H2/t21-,22-/m0/s1. The molecular weight excluding hydrogens is 352 g/mol. The van der Waals surface area contributed by atoms with Crippen molar-refractivity contribution in [3.8, 4) is 6.07 Å². The third-order valence-corrected chi connectivity index (χ3v) is 4.71. The molecule has 0 radical (unpaired) electrons. The van der Waals surface area contributed by atoms with Crippen molar-refractivity contribution >= 4 is 11.5 Å². The zero-order valence-corrected chi connectivity index (χ0v) is 15.1. The Balaban J connectivity index is 2.00. The van der Waals surface area contributed by atoms with Crippen LogP contribution in [0.15, 0.2) is 84.9 Å². The Bertz CT molecular complexity index is 1010. The van der Waals surface area contributed by atoms with E-state index >= 15 is 0 Å². The van der Waals surface area contributed by atoms with Crippen LogP contribution in [0.2, 0.25) is 0 Å². The summed E-state index contributed by atoms with van der Waals surface area (Å²) in [7, 11) is 0. The zero-order valence-electron chi connectivity index (χ0n) is 15.1. The number of nitriles is 1. The van der Waals surface area contributed by atoms with Gasteiger partial charge in [0, 0.05) is 30.0 Å². The Morgan fingerprint density at radius 1 is 0.929 bits per heavy atom. The van der Waals surface area contributed by atoms with Gasteiger partial charge in [0.25, 0.3) is 5.69 Å². The maximum Gasteiger partial charge on any atom is 0.269 e. The maximum atomic E-state index is 12.8. The van der Waals surface area contributed by atoms with Crippen LogP contribution in [-0.2, 0) is 0 Å². The van der Waals surface area contributed by atoms with Crippen molar-refractivity contribution in [2.45, 2.75) is 18.3 Å². The molecule has 0 spiro atoms. The van der Waals surface area contributed by atoms with Crippen LogP contribution in [0.5, 0.6) is 0 Å². The van der Waals surface area contributed by atoms with Crippen LogP contribution in [0.1, 0.15) is 39.7 Å². The predicted molar refractivity (Wildman–Crippen MR) is 106 cm³/mol. The SMILES string of the molecule is N#C[C@@H](c1cccc([N+](=O)[O-])c1)[C@@H](CC(=O)c1ccccc1)c1ccccc1. The summed E-state index contributed by atoms with van der Waals surface area (Å²) in [5.74, 6) is -1.17. The molecule has 138 valence electrons. The Labute approximate surface area is 163 Å². The number of non-ortho nitro benzene ring substituents is 1. The van der Waals surface area contributed by atoms with E-state index in [-0.39, 0.29) is 17.9 Å². The Hall–Kier alpha value is -3.78. The number of carbonyl (C=O) groups is 1. The minimum absolute atomic E-state index is 0.0693. The highest BCUT2D eigenvalue weighted by molar-refractivity contribution is 5.96. The molecule has 0 bridgehead atoms. The second-order valence-corrected chi connectivity index (χ2v) is 6.47. The molecule has 0 aliphatic heterocycles. The lowest BCUT2D eigenvalue weighted by Crippen LogP contribution is -2.15. The first kappa shape index (κ1) is 19.0.